The molecular weight excluding hydrogens is 318 g/mol. The van der Waals surface area contributed by atoms with Crippen molar-refractivity contribution in [3.05, 3.63) is 60.2 Å². The molecule has 1 aliphatic heterocycles. The summed E-state index contributed by atoms with van der Waals surface area (Å²) in [5, 5.41) is 8.30. The van der Waals surface area contributed by atoms with Gasteiger partial charge in [0, 0.05) is 12.1 Å². The number of rotatable bonds is 4. The minimum Gasteiger partial charge on any atom is -0.467 e. The van der Waals surface area contributed by atoms with Gasteiger partial charge < -0.3 is 9.64 Å². The molecule has 6 nitrogen and oxygen atoms in total. The van der Waals surface area contributed by atoms with Gasteiger partial charge in [-0.05, 0) is 49.2 Å². The zero-order chi connectivity index (χ0) is 17.6. The molecule has 0 saturated carbocycles. The van der Waals surface area contributed by atoms with Crippen LogP contribution in [0.15, 0.2) is 64.8 Å². The predicted molar refractivity (Wildman–Crippen MR) is 93.1 cm³/mol. The minimum absolute atomic E-state index is 0.167. The minimum atomic E-state index is -0.491. The molecule has 1 saturated heterocycles. The summed E-state index contributed by atoms with van der Waals surface area (Å²) in [5.74, 6) is -0.529. The lowest BCUT2D eigenvalue weighted by Crippen LogP contribution is -2.41. The number of amides is 1. The van der Waals surface area contributed by atoms with Crippen LogP contribution in [0.1, 0.15) is 23.2 Å². The summed E-state index contributed by atoms with van der Waals surface area (Å²) in [6, 6.07) is 15.8. The third kappa shape index (κ3) is 3.91. The molecule has 3 rings (SSSR count). The van der Waals surface area contributed by atoms with E-state index >= 15 is 0 Å². The number of ether oxygens (including phenoxy) is 1. The van der Waals surface area contributed by atoms with E-state index in [1.165, 1.54) is 7.11 Å². The fourth-order valence-corrected chi connectivity index (χ4v) is 2.84. The number of nitrogens with zero attached hydrogens (tertiary/aromatic N) is 3. The van der Waals surface area contributed by atoms with Crippen LogP contribution in [0.2, 0.25) is 0 Å². The average molecular weight is 337 g/mol. The van der Waals surface area contributed by atoms with Crippen LogP contribution in [0.4, 0.5) is 11.4 Å². The molecule has 0 bridgehead atoms. The predicted octanol–water partition coefficient (Wildman–Crippen LogP) is 3.88. The average Bonchev–Trinajstić information content (AvgIpc) is 3.16. The summed E-state index contributed by atoms with van der Waals surface area (Å²) in [4.78, 5) is 26.0. The number of methoxy groups -OCH3 is 1. The van der Waals surface area contributed by atoms with E-state index in [0.29, 0.717) is 24.2 Å². The lowest BCUT2D eigenvalue weighted by molar-refractivity contribution is -0.145. The molecule has 0 unspecified atom stereocenters. The normalized spacial score (nSPS) is 17.0. The molecule has 0 aliphatic carbocycles. The summed E-state index contributed by atoms with van der Waals surface area (Å²) < 4.78 is 4.78. The van der Waals surface area contributed by atoms with Crippen molar-refractivity contribution >= 4 is 23.3 Å². The van der Waals surface area contributed by atoms with Crippen LogP contribution in [-0.4, -0.2) is 36.5 Å². The number of likely N-dealkylation sites (tertiary alicyclic amines) is 1. The summed E-state index contributed by atoms with van der Waals surface area (Å²) in [7, 11) is 1.34. The molecule has 0 spiro atoms. The molecule has 0 N–H and O–H groups in total. The van der Waals surface area contributed by atoms with Crippen LogP contribution in [0.3, 0.4) is 0 Å². The summed E-state index contributed by atoms with van der Waals surface area (Å²) in [5.41, 5.74) is 1.95. The van der Waals surface area contributed by atoms with Gasteiger partial charge in [-0.1, -0.05) is 18.2 Å². The maximum Gasteiger partial charge on any atom is 0.328 e. The molecule has 0 radical (unpaired) electrons. The molecule has 0 aromatic heterocycles. The highest BCUT2D eigenvalue weighted by Gasteiger charge is 2.35. The lowest BCUT2D eigenvalue weighted by Gasteiger charge is -2.22. The van der Waals surface area contributed by atoms with E-state index in [4.69, 9.17) is 4.74 Å². The zero-order valence-corrected chi connectivity index (χ0v) is 14.0. The second-order valence-corrected chi connectivity index (χ2v) is 5.76. The van der Waals surface area contributed by atoms with Crippen molar-refractivity contribution in [2.45, 2.75) is 18.9 Å². The smallest absolute Gasteiger partial charge is 0.328 e. The zero-order valence-electron chi connectivity index (χ0n) is 14.0. The molecule has 25 heavy (non-hydrogen) atoms. The fraction of sp³-hybridized carbons (Fsp3) is 0.263. The Labute approximate surface area is 146 Å². The number of azo groups is 1. The standard InChI is InChI=1S/C19H19N3O3/c1-25-19(24)17-8-5-13-22(17)18(23)14-9-11-16(12-10-14)21-20-15-6-3-2-4-7-15/h2-4,6-7,9-12,17H,5,8,13H2,1H3/t17-/m0/s1. The largest absolute Gasteiger partial charge is 0.467 e. The third-order valence-electron chi connectivity index (χ3n) is 4.14. The maximum absolute atomic E-state index is 12.6. The van der Waals surface area contributed by atoms with Crippen molar-refractivity contribution in [2.24, 2.45) is 10.2 Å². The highest BCUT2D eigenvalue weighted by Crippen LogP contribution is 2.23. The number of carbonyl (C=O) groups excluding carboxylic acids is 2. The van der Waals surface area contributed by atoms with Gasteiger partial charge in [-0.15, -0.1) is 0 Å². The van der Waals surface area contributed by atoms with Crippen molar-refractivity contribution < 1.29 is 14.3 Å². The van der Waals surface area contributed by atoms with E-state index in [-0.39, 0.29) is 11.9 Å². The number of carbonyl (C=O) groups is 2. The van der Waals surface area contributed by atoms with Gasteiger partial charge in [0.2, 0.25) is 0 Å². The summed E-state index contributed by atoms with van der Waals surface area (Å²) >= 11 is 0. The molecule has 1 amide bonds. The highest BCUT2D eigenvalue weighted by atomic mass is 16.5. The molecule has 1 heterocycles. The van der Waals surface area contributed by atoms with Crippen LogP contribution in [0.5, 0.6) is 0 Å². The quantitative estimate of drug-likeness (QED) is 0.628. The fourth-order valence-electron chi connectivity index (χ4n) is 2.84. The molecular formula is C19H19N3O3. The third-order valence-corrected chi connectivity index (χ3v) is 4.14. The SMILES string of the molecule is COC(=O)[C@@H]1CCCN1C(=O)c1ccc(N=Nc2ccccc2)cc1. The Morgan fingerprint density at radius 3 is 2.28 bits per heavy atom. The van der Waals surface area contributed by atoms with Gasteiger partial charge in [0.1, 0.15) is 6.04 Å². The van der Waals surface area contributed by atoms with E-state index in [2.05, 4.69) is 10.2 Å². The Hall–Kier alpha value is -3.02. The van der Waals surface area contributed by atoms with E-state index in [0.717, 1.165) is 12.1 Å². The van der Waals surface area contributed by atoms with Crippen molar-refractivity contribution in [1.82, 2.24) is 4.90 Å². The Kier molecular flexibility index (Phi) is 5.18. The highest BCUT2D eigenvalue weighted by molar-refractivity contribution is 5.97. The second-order valence-electron chi connectivity index (χ2n) is 5.76. The number of hydrogen-bond donors (Lipinski definition) is 0. The molecule has 2 aromatic carbocycles. The van der Waals surface area contributed by atoms with Crippen LogP contribution >= 0.6 is 0 Å². The first-order valence-electron chi connectivity index (χ1n) is 8.14. The maximum atomic E-state index is 12.6. The van der Waals surface area contributed by atoms with Gasteiger partial charge in [0.15, 0.2) is 0 Å². The number of benzene rings is 2. The molecule has 1 aliphatic rings. The second kappa shape index (κ2) is 7.70. The first-order chi connectivity index (χ1) is 12.2. The van der Waals surface area contributed by atoms with Crippen molar-refractivity contribution in [1.29, 1.82) is 0 Å². The van der Waals surface area contributed by atoms with E-state index < -0.39 is 6.04 Å². The Bertz CT molecular complexity index is 772. The van der Waals surface area contributed by atoms with Crippen molar-refractivity contribution in [3.63, 3.8) is 0 Å². The van der Waals surface area contributed by atoms with Gasteiger partial charge in [-0.3, -0.25) is 4.79 Å². The van der Waals surface area contributed by atoms with Gasteiger partial charge in [0.25, 0.3) is 5.91 Å². The van der Waals surface area contributed by atoms with Crippen molar-refractivity contribution in [3.8, 4) is 0 Å². The first kappa shape index (κ1) is 16.8. The number of hydrogen-bond acceptors (Lipinski definition) is 5. The van der Waals surface area contributed by atoms with Crippen LogP contribution in [-0.2, 0) is 9.53 Å². The Balaban J connectivity index is 1.70. The van der Waals surface area contributed by atoms with Crippen LogP contribution in [0, 0.1) is 0 Å². The topological polar surface area (TPSA) is 71.3 Å². The Morgan fingerprint density at radius 2 is 1.64 bits per heavy atom. The molecule has 1 fully saturated rings. The van der Waals surface area contributed by atoms with E-state index in [1.807, 2.05) is 30.3 Å². The van der Waals surface area contributed by atoms with Crippen LogP contribution < -0.4 is 0 Å². The molecule has 6 heteroatoms. The van der Waals surface area contributed by atoms with Gasteiger partial charge >= 0.3 is 5.97 Å². The van der Waals surface area contributed by atoms with Gasteiger partial charge in [-0.25, -0.2) is 4.79 Å². The Morgan fingerprint density at radius 1 is 1.00 bits per heavy atom. The summed E-state index contributed by atoms with van der Waals surface area (Å²) in [6.45, 7) is 0.564. The van der Waals surface area contributed by atoms with Gasteiger partial charge in [-0.2, -0.15) is 10.2 Å². The van der Waals surface area contributed by atoms with Crippen LogP contribution in [0.25, 0.3) is 0 Å². The van der Waals surface area contributed by atoms with Crippen molar-refractivity contribution in [2.75, 3.05) is 13.7 Å². The first-order valence-corrected chi connectivity index (χ1v) is 8.14. The lowest BCUT2D eigenvalue weighted by atomic mass is 10.1. The van der Waals surface area contributed by atoms with Gasteiger partial charge in [0.05, 0.1) is 18.5 Å². The molecule has 1 atom stereocenters. The number of esters is 1. The molecule has 128 valence electrons. The summed E-state index contributed by atoms with van der Waals surface area (Å²) in [6.07, 6.45) is 1.44. The van der Waals surface area contributed by atoms with E-state index in [1.54, 1.807) is 29.2 Å². The molecule has 2 aromatic rings. The monoisotopic (exact) mass is 337 g/mol. The van der Waals surface area contributed by atoms with E-state index in [9.17, 15) is 9.59 Å².